The fraction of sp³-hybridized carbons (Fsp3) is 0.222. The summed E-state index contributed by atoms with van der Waals surface area (Å²) in [6.45, 7) is 3.82. The van der Waals surface area contributed by atoms with E-state index in [0.29, 0.717) is 12.1 Å². The van der Waals surface area contributed by atoms with Gasteiger partial charge >= 0.3 is 0 Å². The maximum atomic E-state index is 12.4. The van der Waals surface area contributed by atoms with Crippen LogP contribution in [-0.4, -0.2) is 24.7 Å². The summed E-state index contributed by atoms with van der Waals surface area (Å²) in [5.74, 6) is 0.817. The number of aromatic amines is 1. The summed E-state index contributed by atoms with van der Waals surface area (Å²) in [5.41, 5.74) is 4.98. The van der Waals surface area contributed by atoms with E-state index in [1.165, 1.54) is 4.52 Å². The van der Waals surface area contributed by atoms with Crippen molar-refractivity contribution in [2.75, 3.05) is 0 Å². The molecule has 0 bridgehead atoms. The van der Waals surface area contributed by atoms with Crippen molar-refractivity contribution in [3.05, 3.63) is 69.7 Å². The van der Waals surface area contributed by atoms with Crippen LogP contribution in [0, 0.1) is 13.8 Å². The molecule has 0 aliphatic heterocycles. The minimum Gasteiger partial charge on any atom is -0.361 e. The zero-order chi connectivity index (χ0) is 17.4. The van der Waals surface area contributed by atoms with Crippen LogP contribution in [0.5, 0.6) is 0 Å². The van der Waals surface area contributed by atoms with Gasteiger partial charge in [0.05, 0.1) is 11.4 Å². The molecule has 0 atom stereocenters. The molecule has 4 rings (SSSR count). The van der Waals surface area contributed by atoms with Gasteiger partial charge in [-0.15, -0.1) is 0 Å². The van der Waals surface area contributed by atoms with Crippen molar-refractivity contribution in [3.8, 4) is 11.3 Å². The number of hydrogen-bond donors (Lipinski definition) is 1. The van der Waals surface area contributed by atoms with Crippen LogP contribution in [0.3, 0.4) is 0 Å². The van der Waals surface area contributed by atoms with E-state index in [2.05, 4.69) is 20.2 Å². The molecule has 7 heteroatoms. The lowest BCUT2D eigenvalue weighted by atomic mass is 10.1. The molecule has 0 fully saturated rings. The Morgan fingerprint density at radius 1 is 1.16 bits per heavy atom. The summed E-state index contributed by atoms with van der Waals surface area (Å²) < 4.78 is 6.64. The predicted octanol–water partition coefficient (Wildman–Crippen LogP) is 2.47. The van der Waals surface area contributed by atoms with Gasteiger partial charge in [0.25, 0.3) is 5.56 Å². The highest BCUT2D eigenvalue weighted by Crippen LogP contribution is 2.18. The van der Waals surface area contributed by atoms with Gasteiger partial charge in [-0.25, -0.2) is 9.50 Å². The molecule has 0 amide bonds. The molecule has 4 aromatic rings. The SMILES string of the molecule is Cc1noc(C)c1CCc1cc(=O)n2[nH]c(-c3ccncc3)cc2n1. The Hall–Kier alpha value is -3.22. The van der Waals surface area contributed by atoms with Crippen LogP contribution in [0.25, 0.3) is 16.9 Å². The molecule has 0 aliphatic carbocycles. The van der Waals surface area contributed by atoms with Crippen LogP contribution in [0.15, 0.2) is 46.0 Å². The van der Waals surface area contributed by atoms with E-state index in [9.17, 15) is 4.79 Å². The quantitative estimate of drug-likeness (QED) is 0.619. The van der Waals surface area contributed by atoms with E-state index >= 15 is 0 Å². The molecule has 0 saturated heterocycles. The molecule has 0 saturated carbocycles. The number of rotatable bonds is 4. The largest absolute Gasteiger partial charge is 0.361 e. The maximum absolute atomic E-state index is 12.4. The van der Waals surface area contributed by atoms with Gasteiger partial charge in [-0.3, -0.25) is 14.9 Å². The first-order chi connectivity index (χ1) is 12.1. The summed E-state index contributed by atoms with van der Waals surface area (Å²) in [5, 5.41) is 7.05. The van der Waals surface area contributed by atoms with Gasteiger partial charge in [-0.1, -0.05) is 5.16 Å². The van der Waals surface area contributed by atoms with E-state index in [4.69, 9.17) is 4.52 Å². The summed E-state index contributed by atoms with van der Waals surface area (Å²) >= 11 is 0. The van der Waals surface area contributed by atoms with E-state index in [1.807, 2.05) is 32.0 Å². The normalized spacial score (nSPS) is 11.3. The van der Waals surface area contributed by atoms with E-state index in [0.717, 1.165) is 40.4 Å². The standard InChI is InChI=1S/C18H17N5O2/c1-11-15(12(2)25-22-11)4-3-14-9-18(24)23-17(20-14)10-16(21-23)13-5-7-19-8-6-13/h5-10,21H,3-4H2,1-2H3. The van der Waals surface area contributed by atoms with Crippen LogP contribution in [0.2, 0.25) is 0 Å². The first kappa shape index (κ1) is 15.3. The number of pyridine rings is 1. The lowest BCUT2D eigenvalue weighted by Gasteiger charge is -2.01. The van der Waals surface area contributed by atoms with Crippen molar-refractivity contribution < 1.29 is 4.52 Å². The zero-order valence-electron chi connectivity index (χ0n) is 14.0. The average Bonchev–Trinajstić information content (AvgIpc) is 3.18. The number of aryl methyl sites for hydroxylation is 3. The summed E-state index contributed by atoms with van der Waals surface area (Å²) in [7, 11) is 0. The predicted molar refractivity (Wildman–Crippen MR) is 92.4 cm³/mol. The highest BCUT2D eigenvalue weighted by Gasteiger charge is 2.11. The fourth-order valence-corrected chi connectivity index (χ4v) is 2.96. The van der Waals surface area contributed by atoms with Crippen molar-refractivity contribution >= 4 is 5.65 Å². The second-order valence-corrected chi connectivity index (χ2v) is 5.99. The van der Waals surface area contributed by atoms with Gasteiger partial charge in [-0.2, -0.15) is 0 Å². The highest BCUT2D eigenvalue weighted by molar-refractivity contribution is 5.63. The third-order valence-electron chi connectivity index (χ3n) is 4.31. The molecular formula is C18H17N5O2. The van der Waals surface area contributed by atoms with Gasteiger partial charge in [-0.05, 0) is 38.8 Å². The summed E-state index contributed by atoms with van der Waals surface area (Å²) in [4.78, 5) is 21.0. The van der Waals surface area contributed by atoms with Gasteiger partial charge in [0.15, 0.2) is 5.65 Å². The third kappa shape index (κ3) is 2.84. The lowest BCUT2D eigenvalue weighted by molar-refractivity contribution is 0.392. The first-order valence-electron chi connectivity index (χ1n) is 8.05. The molecule has 25 heavy (non-hydrogen) atoms. The van der Waals surface area contributed by atoms with Crippen LogP contribution in [0.1, 0.15) is 22.7 Å². The fourth-order valence-electron chi connectivity index (χ4n) is 2.96. The zero-order valence-corrected chi connectivity index (χ0v) is 14.0. The van der Waals surface area contributed by atoms with Crippen molar-refractivity contribution in [2.45, 2.75) is 26.7 Å². The molecule has 7 nitrogen and oxygen atoms in total. The number of fused-ring (bicyclic) bond motifs is 1. The number of nitrogens with one attached hydrogen (secondary N) is 1. The van der Waals surface area contributed by atoms with Crippen molar-refractivity contribution in [3.63, 3.8) is 0 Å². The molecule has 0 aliphatic rings. The molecule has 1 N–H and O–H groups in total. The number of nitrogens with zero attached hydrogens (tertiary/aromatic N) is 4. The van der Waals surface area contributed by atoms with Gasteiger partial charge in [0.2, 0.25) is 0 Å². The van der Waals surface area contributed by atoms with Crippen molar-refractivity contribution in [1.29, 1.82) is 0 Å². The number of H-pyrrole nitrogens is 1. The lowest BCUT2D eigenvalue weighted by Crippen LogP contribution is -2.15. The Balaban J connectivity index is 1.66. The van der Waals surface area contributed by atoms with Crippen LogP contribution in [0.4, 0.5) is 0 Å². The van der Waals surface area contributed by atoms with E-state index < -0.39 is 0 Å². The molecule has 0 radical (unpaired) electrons. The first-order valence-corrected chi connectivity index (χ1v) is 8.05. The highest BCUT2D eigenvalue weighted by atomic mass is 16.5. The Labute approximate surface area is 143 Å². The van der Waals surface area contributed by atoms with Gasteiger partial charge < -0.3 is 4.52 Å². The molecule has 0 unspecified atom stereocenters. The topological polar surface area (TPSA) is 89.1 Å². The molecule has 126 valence electrons. The summed E-state index contributed by atoms with van der Waals surface area (Å²) in [6.07, 6.45) is 4.83. The Morgan fingerprint density at radius 3 is 2.68 bits per heavy atom. The van der Waals surface area contributed by atoms with Crippen molar-refractivity contribution in [2.24, 2.45) is 0 Å². The molecule has 0 spiro atoms. The monoisotopic (exact) mass is 335 g/mol. The summed E-state index contributed by atoms with van der Waals surface area (Å²) in [6, 6.07) is 7.20. The maximum Gasteiger partial charge on any atom is 0.272 e. The van der Waals surface area contributed by atoms with E-state index in [1.54, 1.807) is 18.5 Å². The van der Waals surface area contributed by atoms with Crippen LogP contribution in [-0.2, 0) is 12.8 Å². The molecule has 4 aromatic heterocycles. The Kier molecular flexibility index (Phi) is 3.68. The average molecular weight is 335 g/mol. The van der Waals surface area contributed by atoms with Crippen LogP contribution >= 0.6 is 0 Å². The smallest absolute Gasteiger partial charge is 0.272 e. The molecule has 4 heterocycles. The molecule has 0 aromatic carbocycles. The number of aromatic nitrogens is 5. The van der Waals surface area contributed by atoms with Crippen LogP contribution < -0.4 is 5.56 Å². The minimum absolute atomic E-state index is 0.126. The second-order valence-electron chi connectivity index (χ2n) is 5.99. The molecular weight excluding hydrogens is 318 g/mol. The number of hydrogen-bond acceptors (Lipinski definition) is 5. The second kappa shape index (κ2) is 6.01. The van der Waals surface area contributed by atoms with Crippen molar-refractivity contribution in [1.82, 2.24) is 24.7 Å². The minimum atomic E-state index is -0.126. The Morgan fingerprint density at radius 2 is 1.96 bits per heavy atom. The van der Waals surface area contributed by atoms with E-state index in [-0.39, 0.29) is 5.56 Å². The Bertz CT molecular complexity index is 1070. The van der Waals surface area contributed by atoms with Gasteiger partial charge in [0.1, 0.15) is 5.76 Å². The third-order valence-corrected chi connectivity index (χ3v) is 4.31. The van der Waals surface area contributed by atoms with Gasteiger partial charge in [0, 0.05) is 41.3 Å².